The summed E-state index contributed by atoms with van der Waals surface area (Å²) >= 11 is 0. The first-order valence-electron chi connectivity index (χ1n) is 6.85. The monoisotopic (exact) mass is 292 g/mol. The van der Waals surface area contributed by atoms with E-state index in [1.165, 1.54) is 10.6 Å². The highest BCUT2D eigenvalue weighted by atomic mass is 32.2. The molecule has 0 aromatic carbocycles. The number of sulfonamides is 1. The zero-order valence-corrected chi connectivity index (χ0v) is 13.6. The second kappa shape index (κ2) is 6.08. The van der Waals surface area contributed by atoms with E-state index in [0.717, 1.165) is 12.8 Å². The molecule has 2 unspecified atom stereocenters. The number of aliphatic hydroxyl groups excluding tert-OH is 1. The average molecular weight is 292 g/mol. The molecule has 0 aromatic rings. The highest BCUT2D eigenvalue weighted by molar-refractivity contribution is 7.88. The van der Waals surface area contributed by atoms with E-state index in [0.29, 0.717) is 19.5 Å². The van der Waals surface area contributed by atoms with Gasteiger partial charge in [0.1, 0.15) is 0 Å². The van der Waals surface area contributed by atoms with E-state index in [9.17, 15) is 13.5 Å². The lowest BCUT2D eigenvalue weighted by molar-refractivity contribution is -0.00245. The highest BCUT2D eigenvalue weighted by Crippen LogP contribution is 2.27. The van der Waals surface area contributed by atoms with Crippen LogP contribution in [0.5, 0.6) is 0 Å². The van der Waals surface area contributed by atoms with Crippen molar-refractivity contribution in [2.24, 2.45) is 5.92 Å². The first-order chi connectivity index (χ1) is 8.55. The van der Waals surface area contributed by atoms with Gasteiger partial charge in [-0.25, -0.2) is 12.7 Å². The Labute approximate surface area is 117 Å². The van der Waals surface area contributed by atoms with Crippen molar-refractivity contribution in [3.8, 4) is 0 Å². The zero-order valence-electron chi connectivity index (χ0n) is 12.8. The highest BCUT2D eigenvalue weighted by Gasteiger charge is 2.34. The summed E-state index contributed by atoms with van der Waals surface area (Å²) in [7, 11) is 0.797. The largest absolute Gasteiger partial charge is 0.391 e. The van der Waals surface area contributed by atoms with Crippen LogP contribution in [0.1, 0.15) is 33.1 Å². The van der Waals surface area contributed by atoms with Crippen LogP contribution in [0.4, 0.5) is 0 Å². The third kappa shape index (κ3) is 4.41. The molecule has 1 heterocycles. The fraction of sp³-hybridized carbons (Fsp3) is 1.00. The van der Waals surface area contributed by atoms with Gasteiger partial charge >= 0.3 is 0 Å². The van der Waals surface area contributed by atoms with Gasteiger partial charge in [0, 0.05) is 18.6 Å². The van der Waals surface area contributed by atoms with Gasteiger partial charge in [-0.3, -0.25) is 0 Å². The Hall–Kier alpha value is -0.170. The van der Waals surface area contributed by atoms with Gasteiger partial charge in [0.15, 0.2) is 0 Å². The molecule has 0 bridgehead atoms. The van der Waals surface area contributed by atoms with Crippen molar-refractivity contribution in [1.82, 2.24) is 9.21 Å². The SMILES string of the molecule is CN(C)C(C)(C)C(O)CC1CCCN(S(C)(=O)=O)C1. The standard InChI is InChI=1S/C13H28N2O3S/c1-13(2,14(3)4)12(16)9-11-7-6-8-15(10-11)19(5,17)18/h11-12,16H,6-10H2,1-5H3. The number of aliphatic hydroxyl groups is 1. The Bertz CT molecular complexity index is 393. The van der Waals surface area contributed by atoms with E-state index in [1.54, 1.807) is 0 Å². The normalized spacial score (nSPS) is 24.7. The van der Waals surface area contributed by atoms with Crippen molar-refractivity contribution >= 4 is 10.0 Å². The van der Waals surface area contributed by atoms with Crippen molar-refractivity contribution in [1.29, 1.82) is 0 Å². The van der Waals surface area contributed by atoms with Crippen LogP contribution in [-0.4, -0.2) is 67.8 Å². The fourth-order valence-corrected chi connectivity index (χ4v) is 3.37. The number of likely N-dealkylation sites (N-methyl/N-ethyl adjacent to an activating group) is 1. The number of nitrogens with zero attached hydrogens (tertiary/aromatic N) is 2. The van der Waals surface area contributed by atoms with Gasteiger partial charge in [0.05, 0.1) is 12.4 Å². The average Bonchev–Trinajstić information content (AvgIpc) is 2.27. The molecule has 0 amide bonds. The summed E-state index contributed by atoms with van der Waals surface area (Å²) in [5.41, 5.74) is -0.298. The summed E-state index contributed by atoms with van der Waals surface area (Å²) in [6.45, 7) is 5.17. The fourth-order valence-electron chi connectivity index (χ4n) is 2.42. The Balaban J connectivity index is 2.63. The Morgan fingerprint density at radius 3 is 2.47 bits per heavy atom. The van der Waals surface area contributed by atoms with E-state index in [1.807, 2.05) is 32.8 Å². The molecule has 0 aromatic heterocycles. The van der Waals surface area contributed by atoms with E-state index in [4.69, 9.17) is 0 Å². The van der Waals surface area contributed by atoms with Gasteiger partial charge in [0.25, 0.3) is 0 Å². The minimum absolute atomic E-state index is 0.248. The van der Waals surface area contributed by atoms with Crippen LogP contribution in [0, 0.1) is 5.92 Å². The molecule has 0 aliphatic carbocycles. The Morgan fingerprint density at radius 1 is 1.42 bits per heavy atom. The molecule has 1 rings (SSSR count). The second-order valence-corrected chi connectivity index (χ2v) is 8.41. The van der Waals surface area contributed by atoms with Crippen LogP contribution in [0.3, 0.4) is 0 Å². The molecule has 0 radical (unpaired) electrons. The van der Waals surface area contributed by atoms with Crippen LogP contribution in [0.25, 0.3) is 0 Å². The number of piperidine rings is 1. The summed E-state index contributed by atoms with van der Waals surface area (Å²) in [5, 5.41) is 10.4. The lowest BCUT2D eigenvalue weighted by atomic mass is 9.85. The van der Waals surface area contributed by atoms with E-state index in [2.05, 4.69) is 0 Å². The maximum atomic E-state index is 11.6. The minimum atomic E-state index is -3.11. The third-order valence-electron chi connectivity index (χ3n) is 4.48. The molecular weight excluding hydrogens is 264 g/mol. The molecule has 19 heavy (non-hydrogen) atoms. The number of hydrogen-bond acceptors (Lipinski definition) is 4. The maximum Gasteiger partial charge on any atom is 0.211 e. The molecule has 114 valence electrons. The smallest absolute Gasteiger partial charge is 0.211 e. The maximum absolute atomic E-state index is 11.6. The van der Waals surface area contributed by atoms with Crippen molar-refractivity contribution in [3.05, 3.63) is 0 Å². The molecule has 1 aliphatic rings. The van der Waals surface area contributed by atoms with Crippen LogP contribution < -0.4 is 0 Å². The molecule has 5 nitrogen and oxygen atoms in total. The molecule has 6 heteroatoms. The summed E-state index contributed by atoms with van der Waals surface area (Å²) in [5.74, 6) is 0.248. The first kappa shape index (κ1) is 16.9. The molecular formula is C13H28N2O3S. The van der Waals surface area contributed by atoms with Gasteiger partial charge < -0.3 is 10.0 Å². The van der Waals surface area contributed by atoms with Gasteiger partial charge in [-0.2, -0.15) is 0 Å². The van der Waals surface area contributed by atoms with Gasteiger partial charge in [0.2, 0.25) is 10.0 Å². The van der Waals surface area contributed by atoms with Gasteiger partial charge in [-0.15, -0.1) is 0 Å². The predicted molar refractivity (Wildman–Crippen MR) is 77.5 cm³/mol. The molecule has 2 atom stereocenters. The van der Waals surface area contributed by atoms with Crippen LogP contribution in [-0.2, 0) is 10.0 Å². The second-order valence-electron chi connectivity index (χ2n) is 6.43. The van der Waals surface area contributed by atoms with Crippen molar-refractivity contribution in [2.45, 2.75) is 44.8 Å². The molecule has 1 N–H and O–H groups in total. The Morgan fingerprint density at radius 2 is 2.00 bits per heavy atom. The van der Waals surface area contributed by atoms with Crippen LogP contribution >= 0.6 is 0 Å². The molecule has 1 aliphatic heterocycles. The molecule has 0 spiro atoms. The minimum Gasteiger partial charge on any atom is -0.391 e. The Kier molecular flexibility index (Phi) is 5.40. The van der Waals surface area contributed by atoms with Crippen molar-refractivity contribution in [3.63, 3.8) is 0 Å². The summed E-state index contributed by atoms with van der Waals surface area (Å²) in [6.07, 6.45) is 3.33. The molecule has 1 fully saturated rings. The van der Waals surface area contributed by atoms with Crippen LogP contribution in [0.15, 0.2) is 0 Å². The molecule has 1 saturated heterocycles. The first-order valence-corrected chi connectivity index (χ1v) is 8.70. The third-order valence-corrected chi connectivity index (χ3v) is 5.75. The van der Waals surface area contributed by atoms with E-state index >= 15 is 0 Å². The quantitative estimate of drug-likeness (QED) is 0.812. The summed E-state index contributed by atoms with van der Waals surface area (Å²) in [4.78, 5) is 2.01. The lowest BCUT2D eigenvalue weighted by Crippen LogP contribution is -2.50. The van der Waals surface area contributed by atoms with Crippen molar-refractivity contribution in [2.75, 3.05) is 33.4 Å². The van der Waals surface area contributed by atoms with Gasteiger partial charge in [-0.05, 0) is 53.1 Å². The zero-order chi connectivity index (χ0) is 14.8. The lowest BCUT2D eigenvalue weighted by Gasteiger charge is -2.40. The number of hydrogen-bond donors (Lipinski definition) is 1. The van der Waals surface area contributed by atoms with Gasteiger partial charge in [-0.1, -0.05) is 0 Å². The van der Waals surface area contributed by atoms with Crippen LogP contribution in [0.2, 0.25) is 0 Å². The summed E-state index contributed by atoms with van der Waals surface area (Å²) < 4.78 is 24.7. The predicted octanol–water partition coefficient (Wildman–Crippen LogP) is 0.749. The number of rotatable bonds is 5. The van der Waals surface area contributed by atoms with E-state index < -0.39 is 16.1 Å². The van der Waals surface area contributed by atoms with E-state index in [-0.39, 0.29) is 11.5 Å². The van der Waals surface area contributed by atoms with Crippen molar-refractivity contribution < 1.29 is 13.5 Å². The molecule has 0 saturated carbocycles. The topological polar surface area (TPSA) is 60.9 Å². The summed E-state index contributed by atoms with van der Waals surface area (Å²) in [6, 6.07) is 0.